The van der Waals surface area contributed by atoms with Gasteiger partial charge in [0.15, 0.2) is 0 Å². The van der Waals surface area contributed by atoms with Gasteiger partial charge in [-0.2, -0.15) is 8.42 Å². The summed E-state index contributed by atoms with van der Waals surface area (Å²) < 4.78 is 28.6. The average molecular weight is 351 g/mol. The molecule has 1 atom stereocenters. The van der Waals surface area contributed by atoms with Gasteiger partial charge in [0.05, 0.1) is 5.69 Å². The second kappa shape index (κ2) is 7.34. The number of amidine groups is 1. The Labute approximate surface area is 144 Å². The summed E-state index contributed by atoms with van der Waals surface area (Å²) in [5.74, 6) is 0.195. The third kappa shape index (κ3) is 3.77. The third-order valence-corrected chi connectivity index (χ3v) is 5.37. The van der Waals surface area contributed by atoms with Gasteiger partial charge in [-0.05, 0) is 44.9 Å². The molecule has 0 radical (unpaired) electrons. The number of sulfonamides is 1. The molecule has 0 bridgehead atoms. The molecule has 24 heavy (non-hydrogen) atoms. The molecule has 1 N–H and O–H groups in total. The Hall–Kier alpha value is -1.89. The smallest absolute Gasteiger partial charge is 0.286 e. The van der Waals surface area contributed by atoms with Crippen molar-refractivity contribution >= 4 is 27.5 Å². The maximum absolute atomic E-state index is 12.4. The Morgan fingerprint density at radius 3 is 2.62 bits per heavy atom. The molecular weight excluding hydrogens is 326 g/mol. The first kappa shape index (κ1) is 18.4. The molecular formula is C17H25N3O3S. The molecule has 7 heteroatoms. The van der Waals surface area contributed by atoms with Crippen molar-refractivity contribution in [1.29, 1.82) is 0 Å². The molecule has 0 aliphatic carbocycles. The Balaban J connectivity index is 2.38. The fourth-order valence-corrected chi connectivity index (χ4v) is 4.11. The maximum atomic E-state index is 12.4. The summed E-state index contributed by atoms with van der Waals surface area (Å²) in [6.07, 6.45) is 2.71. The molecule has 0 spiro atoms. The van der Waals surface area contributed by atoms with E-state index in [0.29, 0.717) is 23.6 Å². The van der Waals surface area contributed by atoms with Crippen LogP contribution in [0.5, 0.6) is 0 Å². The minimum absolute atomic E-state index is 0.0481. The zero-order chi connectivity index (χ0) is 17.9. The van der Waals surface area contributed by atoms with Crippen LogP contribution in [0.1, 0.15) is 57.3 Å². The van der Waals surface area contributed by atoms with Crippen molar-refractivity contribution in [2.45, 2.75) is 57.9 Å². The molecule has 6 nitrogen and oxygen atoms in total. The zero-order valence-electron chi connectivity index (χ0n) is 14.7. The van der Waals surface area contributed by atoms with E-state index in [0.717, 1.165) is 19.3 Å². The number of carbonyl (C=O) groups excluding carboxylic acids is 1. The van der Waals surface area contributed by atoms with Crippen molar-refractivity contribution in [2.24, 2.45) is 4.40 Å². The maximum Gasteiger partial charge on any atom is 0.286 e. The number of rotatable bonds is 6. The van der Waals surface area contributed by atoms with Crippen LogP contribution in [0, 0.1) is 0 Å². The summed E-state index contributed by atoms with van der Waals surface area (Å²) in [5, 5.41) is 2.89. The standard InChI is InChI=1S/C17H25N3O3S/c1-5-7-12(3)18-17(21)14-8-9-15-16(11-14)24(22,23)19-13(4)20(15)10-6-2/h8-9,11-12H,5-7,10H2,1-4H3,(H,18,21). The predicted molar refractivity (Wildman–Crippen MR) is 96.2 cm³/mol. The van der Waals surface area contributed by atoms with Gasteiger partial charge < -0.3 is 10.2 Å². The van der Waals surface area contributed by atoms with Crippen LogP contribution in [0.15, 0.2) is 27.5 Å². The molecule has 1 aliphatic heterocycles. The SMILES string of the molecule is CCCC(C)NC(=O)c1ccc2c(c1)S(=O)(=O)N=C(C)N2CCC. The van der Waals surface area contributed by atoms with Crippen LogP contribution in [-0.2, 0) is 10.0 Å². The van der Waals surface area contributed by atoms with Gasteiger partial charge >= 0.3 is 0 Å². The number of hydrogen-bond donors (Lipinski definition) is 1. The highest BCUT2D eigenvalue weighted by Crippen LogP contribution is 2.32. The molecule has 1 heterocycles. The van der Waals surface area contributed by atoms with E-state index in [1.807, 2.05) is 18.7 Å². The lowest BCUT2D eigenvalue weighted by Crippen LogP contribution is -2.35. The van der Waals surface area contributed by atoms with Gasteiger partial charge in [-0.15, -0.1) is 4.40 Å². The summed E-state index contributed by atoms with van der Waals surface area (Å²) >= 11 is 0. The monoisotopic (exact) mass is 351 g/mol. The number of amides is 1. The molecule has 2 rings (SSSR count). The van der Waals surface area contributed by atoms with E-state index in [9.17, 15) is 13.2 Å². The van der Waals surface area contributed by atoms with Gasteiger partial charge in [-0.3, -0.25) is 4.79 Å². The van der Waals surface area contributed by atoms with Crippen LogP contribution >= 0.6 is 0 Å². The summed E-state index contributed by atoms with van der Waals surface area (Å²) in [7, 11) is -3.77. The molecule has 0 saturated carbocycles. The minimum Gasteiger partial charge on any atom is -0.350 e. The van der Waals surface area contributed by atoms with E-state index < -0.39 is 10.0 Å². The van der Waals surface area contributed by atoms with Crippen molar-refractivity contribution in [1.82, 2.24) is 5.32 Å². The third-order valence-electron chi connectivity index (χ3n) is 3.98. The molecule has 1 aliphatic rings. The predicted octanol–water partition coefficient (Wildman–Crippen LogP) is 2.94. The van der Waals surface area contributed by atoms with E-state index >= 15 is 0 Å². The average Bonchev–Trinajstić information content (AvgIpc) is 2.50. The number of nitrogens with zero attached hydrogens (tertiary/aromatic N) is 2. The van der Waals surface area contributed by atoms with E-state index in [2.05, 4.69) is 16.6 Å². The van der Waals surface area contributed by atoms with E-state index in [1.165, 1.54) is 6.07 Å². The fourth-order valence-electron chi connectivity index (χ4n) is 2.85. The lowest BCUT2D eigenvalue weighted by atomic mass is 10.1. The molecule has 132 valence electrons. The minimum atomic E-state index is -3.77. The van der Waals surface area contributed by atoms with Crippen LogP contribution in [0.3, 0.4) is 0 Å². The molecule has 1 aromatic carbocycles. The lowest BCUT2D eigenvalue weighted by Gasteiger charge is -2.29. The molecule has 0 fully saturated rings. The second-order valence-corrected chi connectivity index (χ2v) is 7.68. The lowest BCUT2D eigenvalue weighted by molar-refractivity contribution is 0.0938. The van der Waals surface area contributed by atoms with E-state index in [4.69, 9.17) is 0 Å². The normalized spacial score (nSPS) is 17.0. The van der Waals surface area contributed by atoms with Crippen molar-refractivity contribution in [3.63, 3.8) is 0 Å². The summed E-state index contributed by atoms with van der Waals surface area (Å²) in [6, 6.07) is 4.84. The molecule has 1 unspecified atom stereocenters. The van der Waals surface area contributed by atoms with Gasteiger partial charge in [0, 0.05) is 18.2 Å². The highest BCUT2D eigenvalue weighted by Gasteiger charge is 2.29. The van der Waals surface area contributed by atoms with Crippen LogP contribution < -0.4 is 10.2 Å². The van der Waals surface area contributed by atoms with Crippen molar-refractivity contribution in [3.8, 4) is 0 Å². The number of nitrogens with one attached hydrogen (secondary N) is 1. The van der Waals surface area contributed by atoms with Crippen molar-refractivity contribution in [3.05, 3.63) is 23.8 Å². The molecule has 0 saturated heterocycles. The first-order valence-electron chi connectivity index (χ1n) is 8.34. The van der Waals surface area contributed by atoms with Gasteiger partial charge in [0.2, 0.25) is 0 Å². The van der Waals surface area contributed by atoms with Crippen LogP contribution in [-0.4, -0.2) is 32.7 Å². The first-order valence-corrected chi connectivity index (χ1v) is 9.78. The van der Waals surface area contributed by atoms with Crippen LogP contribution in [0.4, 0.5) is 5.69 Å². The van der Waals surface area contributed by atoms with Crippen LogP contribution in [0.25, 0.3) is 0 Å². The quantitative estimate of drug-likeness (QED) is 0.854. The Morgan fingerprint density at radius 2 is 2.00 bits per heavy atom. The number of hydrogen-bond acceptors (Lipinski definition) is 4. The van der Waals surface area contributed by atoms with Crippen molar-refractivity contribution in [2.75, 3.05) is 11.4 Å². The van der Waals surface area contributed by atoms with Gasteiger partial charge in [-0.1, -0.05) is 20.3 Å². The fraction of sp³-hybridized carbons (Fsp3) is 0.529. The van der Waals surface area contributed by atoms with Gasteiger partial charge in [0.1, 0.15) is 10.7 Å². The Kier molecular flexibility index (Phi) is 5.64. The Bertz CT molecular complexity index is 756. The van der Waals surface area contributed by atoms with Gasteiger partial charge in [0.25, 0.3) is 15.9 Å². The number of anilines is 1. The highest BCUT2D eigenvalue weighted by molar-refractivity contribution is 7.90. The zero-order valence-corrected chi connectivity index (χ0v) is 15.5. The highest BCUT2D eigenvalue weighted by atomic mass is 32.2. The Morgan fingerprint density at radius 1 is 1.29 bits per heavy atom. The van der Waals surface area contributed by atoms with Crippen LogP contribution in [0.2, 0.25) is 0 Å². The number of fused-ring (bicyclic) bond motifs is 1. The molecule has 0 aromatic heterocycles. The van der Waals surface area contributed by atoms with E-state index in [-0.39, 0.29) is 16.8 Å². The first-order chi connectivity index (χ1) is 11.3. The summed E-state index contributed by atoms with van der Waals surface area (Å²) in [5.41, 5.74) is 0.925. The molecule has 1 aromatic rings. The summed E-state index contributed by atoms with van der Waals surface area (Å²) in [4.78, 5) is 14.3. The molecule has 1 amide bonds. The van der Waals surface area contributed by atoms with Gasteiger partial charge in [-0.25, -0.2) is 0 Å². The number of carbonyl (C=O) groups is 1. The second-order valence-electron chi connectivity index (χ2n) is 6.11. The number of benzene rings is 1. The van der Waals surface area contributed by atoms with Crippen molar-refractivity contribution < 1.29 is 13.2 Å². The largest absolute Gasteiger partial charge is 0.350 e. The van der Waals surface area contributed by atoms with E-state index in [1.54, 1.807) is 19.1 Å². The summed E-state index contributed by atoms with van der Waals surface area (Å²) in [6.45, 7) is 8.37. The topological polar surface area (TPSA) is 78.8 Å².